The normalized spacial score (nSPS) is 25.5. The molecule has 0 aliphatic carbocycles. The highest BCUT2D eigenvalue weighted by Crippen LogP contribution is 2.21. The fraction of sp³-hybridized carbons (Fsp3) is 0.900. The zero-order valence-corrected chi connectivity index (χ0v) is 7.92. The van der Waals surface area contributed by atoms with Crippen LogP contribution in [0.1, 0.15) is 19.3 Å². The van der Waals surface area contributed by atoms with Gasteiger partial charge in [-0.15, -0.1) is 0 Å². The lowest BCUT2D eigenvalue weighted by molar-refractivity contribution is -0.125. The molecule has 2 rings (SSSR count). The Morgan fingerprint density at radius 1 is 1.31 bits per heavy atom. The van der Waals surface area contributed by atoms with Gasteiger partial charge < -0.3 is 10.1 Å². The topological polar surface area (TPSA) is 38.3 Å². The summed E-state index contributed by atoms with van der Waals surface area (Å²) in [5.74, 6) is 1.38. The molecule has 0 aromatic rings. The monoisotopic (exact) mass is 183 g/mol. The van der Waals surface area contributed by atoms with Gasteiger partial charge in [-0.3, -0.25) is 4.79 Å². The molecule has 0 atom stereocenters. The van der Waals surface area contributed by atoms with E-state index >= 15 is 0 Å². The highest BCUT2D eigenvalue weighted by molar-refractivity contribution is 5.82. The molecule has 0 spiro atoms. The molecule has 0 unspecified atom stereocenters. The van der Waals surface area contributed by atoms with Crippen molar-refractivity contribution in [3.05, 3.63) is 0 Å². The van der Waals surface area contributed by atoms with Crippen molar-refractivity contribution >= 4 is 5.78 Å². The highest BCUT2D eigenvalue weighted by Gasteiger charge is 2.27. The predicted octanol–water partition coefficient (Wildman–Crippen LogP) is 0.592. The summed E-state index contributed by atoms with van der Waals surface area (Å²) in [6, 6.07) is 0. The average molecular weight is 183 g/mol. The zero-order valence-electron chi connectivity index (χ0n) is 7.92. The van der Waals surface area contributed by atoms with Crippen molar-refractivity contribution in [3.63, 3.8) is 0 Å². The standard InChI is InChI=1S/C10H17NO2/c12-10(9-6-11-7-9)5-8-1-3-13-4-2-8/h8-9,11H,1-7H2. The fourth-order valence-corrected chi connectivity index (χ4v) is 1.92. The minimum absolute atomic E-state index is 0.322. The van der Waals surface area contributed by atoms with Crippen molar-refractivity contribution < 1.29 is 9.53 Å². The third-order valence-corrected chi connectivity index (χ3v) is 3.07. The summed E-state index contributed by atoms with van der Waals surface area (Å²) in [4.78, 5) is 11.6. The Morgan fingerprint density at radius 3 is 2.54 bits per heavy atom. The Bertz CT molecular complexity index is 183. The van der Waals surface area contributed by atoms with Gasteiger partial charge in [0, 0.05) is 38.6 Å². The van der Waals surface area contributed by atoms with Crippen LogP contribution in [0, 0.1) is 11.8 Å². The van der Waals surface area contributed by atoms with Gasteiger partial charge in [-0.05, 0) is 18.8 Å². The van der Waals surface area contributed by atoms with Crippen molar-refractivity contribution in [2.75, 3.05) is 26.3 Å². The number of hydrogen-bond donors (Lipinski definition) is 1. The Labute approximate surface area is 78.8 Å². The Balaban J connectivity index is 1.72. The van der Waals surface area contributed by atoms with Crippen LogP contribution in [0.4, 0.5) is 0 Å². The lowest BCUT2D eigenvalue weighted by Crippen LogP contribution is -2.47. The van der Waals surface area contributed by atoms with Gasteiger partial charge in [0.2, 0.25) is 0 Å². The first-order chi connectivity index (χ1) is 6.36. The minimum Gasteiger partial charge on any atom is -0.381 e. The molecule has 13 heavy (non-hydrogen) atoms. The Morgan fingerprint density at radius 2 is 2.00 bits per heavy atom. The zero-order chi connectivity index (χ0) is 9.10. The lowest BCUT2D eigenvalue weighted by Gasteiger charge is -2.28. The van der Waals surface area contributed by atoms with E-state index in [0.717, 1.165) is 45.6 Å². The first kappa shape index (κ1) is 9.16. The molecule has 0 saturated carbocycles. The van der Waals surface area contributed by atoms with E-state index in [-0.39, 0.29) is 0 Å². The second-order valence-corrected chi connectivity index (χ2v) is 4.08. The summed E-state index contributed by atoms with van der Waals surface area (Å²) < 4.78 is 5.26. The van der Waals surface area contributed by atoms with Crippen LogP contribution in [0.25, 0.3) is 0 Å². The van der Waals surface area contributed by atoms with Crippen LogP contribution in [0.3, 0.4) is 0 Å². The van der Waals surface area contributed by atoms with Crippen molar-refractivity contribution in [1.82, 2.24) is 5.32 Å². The van der Waals surface area contributed by atoms with Crippen molar-refractivity contribution in [2.24, 2.45) is 11.8 Å². The number of hydrogen-bond acceptors (Lipinski definition) is 3. The molecule has 1 N–H and O–H groups in total. The van der Waals surface area contributed by atoms with Crippen LogP contribution >= 0.6 is 0 Å². The number of ketones is 1. The smallest absolute Gasteiger partial charge is 0.138 e. The maximum absolute atomic E-state index is 11.6. The van der Waals surface area contributed by atoms with E-state index in [9.17, 15) is 4.79 Å². The number of ether oxygens (including phenoxy) is 1. The van der Waals surface area contributed by atoms with Crippen LogP contribution in [0.15, 0.2) is 0 Å². The molecule has 3 nitrogen and oxygen atoms in total. The highest BCUT2D eigenvalue weighted by atomic mass is 16.5. The number of rotatable bonds is 3. The van der Waals surface area contributed by atoms with Gasteiger partial charge in [0.25, 0.3) is 0 Å². The summed E-state index contributed by atoms with van der Waals surface area (Å²) in [7, 11) is 0. The summed E-state index contributed by atoms with van der Waals surface area (Å²) in [6.45, 7) is 3.51. The van der Waals surface area contributed by atoms with E-state index in [0.29, 0.717) is 17.6 Å². The van der Waals surface area contributed by atoms with Crippen LogP contribution in [0.5, 0.6) is 0 Å². The molecule has 0 aromatic heterocycles. The van der Waals surface area contributed by atoms with Crippen LogP contribution in [-0.2, 0) is 9.53 Å². The molecule has 0 amide bonds. The number of carbonyl (C=O) groups excluding carboxylic acids is 1. The SMILES string of the molecule is O=C(CC1CCOCC1)C1CNC1. The Kier molecular flexibility index (Phi) is 2.96. The third kappa shape index (κ3) is 2.29. The summed E-state index contributed by atoms with van der Waals surface area (Å²) >= 11 is 0. The first-order valence-electron chi connectivity index (χ1n) is 5.17. The maximum atomic E-state index is 11.6. The van der Waals surface area contributed by atoms with Crippen LogP contribution < -0.4 is 5.32 Å². The third-order valence-electron chi connectivity index (χ3n) is 3.07. The summed E-state index contributed by atoms with van der Waals surface area (Å²) in [6.07, 6.45) is 2.94. The van der Waals surface area contributed by atoms with E-state index in [2.05, 4.69) is 5.32 Å². The van der Waals surface area contributed by atoms with Crippen LogP contribution in [-0.4, -0.2) is 32.1 Å². The summed E-state index contributed by atoms with van der Waals surface area (Å²) in [5.41, 5.74) is 0. The lowest BCUT2D eigenvalue weighted by atomic mass is 9.87. The molecule has 2 aliphatic rings. The van der Waals surface area contributed by atoms with Crippen molar-refractivity contribution in [1.29, 1.82) is 0 Å². The molecule has 0 radical (unpaired) electrons. The predicted molar refractivity (Wildman–Crippen MR) is 49.5 cm³/mol. The molecule has 2 heterocycles. The van der Waals surface area contributed by atoms with Gasteiger partial charge in [0.1, 0.15) is 5.78 Å². The fourth-order valence-electron chi connectivity index (χ4n) is 1.92. The van der Waals surface area contributed by atoms with Gasteiger partial charge in [0.15, 0.2) is 0 Å². The van der Waals surface area contributed by atoms with Crippen molar-refractivity contribution in [2.45, 2.75) is 19.3 Å². The maximum Gasteiger partial charge on any atom is 0.138 e. The molecular formula is C10H17NO2. The molecule has 2 aliphatic heterocycles. The minimum atomic E-state index is 0.322. The molecule has 0 aromatic carbocycles. The second kappa shape index (κ2) is 4.20. The number of carbonyl (C=O) groups is 1. The second-order valence-electron chi connectivity index (χ2n) is 4.08. The quantitative estimate of drug-likeness (QED) is 0.696. The van der Waals surface area contributed by atoms with Crippen molar-refractivity contribution in [3.8, 4) is 0 Å². The van der Waals surface area contributed by atoms with Gasteiger partial charge in [-0.2, -0.15) is 0 Å². The molecular weight excluding hydrogens is 166 g/mol. The van der Waals surface area contributed by atoms with E-state index in [4.69, 9.17) is 4.74 Å². The molecule has 2 saturated heterocycles. The van der Waals surface area contributed by atoms with E-state index in [1.807, 2.05) is 0 Å². The summed E-state index contributed by atoms with van der Waals surface area (Å²) in [5, 5.41) is 3.13. The molecule has 0 bridgehead atoms. The van der Waals surface area contributed by atoms with Gasteiger partial charge in [-0.25, -0.2) is 0 Å². The van der Waals surface area contributed by atoms with E-state index in [1.165, 1.54) is 0 Å². The largest absolute Gasteiger partial charge is 0.381 e. The van der Waals surface area contributed by atoms with E-state index < -0.39 is 0 Å². The van der Waals surface area contributed by atoms with E-state index in [1.54, 1.807) is 0 Å². The van der Waals surface area contributed by atoms with Gasteiger partial charge in [-0.1, -0.05) is 0 Å². The van der Waals surface area contributed by atoms with Gasteiger partial charge >= 0.3 is 0 Å². The molecule has 74 valence electrons. The number of nitrogens with one attached hydrogen (secondary N) is 1. The van der Waals surface area contributed by atoms with Gasteiger partial charge in [0.05, 0.1) is 0 Å². The average Bonchev–Trinajstić information content (AvgIpc) is 2.02. The Hall–Kier alpha value is -0.410. The molecule has 3 heteroatoms. The molecule has 2 fully saturated rings. The number of Topliss-reactive ketones (excluding diaryl/α,β-unsaturated/α-hetero) is 1. The van der Waals surface area contributed by atoms with Crippen LogP contribution in [0.2, 0.25) is 0 Å². The first-order valence-corrected chi connectivity index (χ1v) is 5.17.